The summed E-state index contributed by atoms with van der Waals surface area (Å²) in [7, 11) is 0. The number of aryl methyl sites for hydroxylation is 2. The number of nitrogens with zero attached hydrogens (tertiary/aromatic N) is 6. The lowest BCUT2D eigenvalue weighted by Crippen LogP contribution is -2.33. The number of H-pyrrole nitrogens is 1. The largest absolute Gasteiger partial charge is 0.356 e. The SMILES string of the molecule is CCc1nnc(N2CC(C(=O)NCCCc3nn[nH]n3)CC2=O)s1. The van der Waals surface area contributed by atoms with Crippen molar-refractivity contribution in [3.05, 3.63) is 10.8 Å². The molecule has 3 heterocycles. The molecule has 2 amide bonds. The third kappa shape index (κ3) is 3.72. The smallest absolute Gasteiger partial charge is 0.229 e. The molecule has 0 spiro atoms. The van der Waals surface area contributed by atoms with Crippen LogP contribution in [0.2, 0.25) is 0 Å². The summed E-state index contributed by atoms with van der Waals surface area (Å²) in [5, 5.41) is 25.9. The molecule has 3 rings (SSSR count). The van der Waals surface area contributed by atoms with Crippen LogP contribution in [0.3, 0.4) is 0 Å². The number of carbonyl (C=O) groups excluding carboxylic acids is 2. The van der Waals surface area contributed by atoms with Gasteiger partial charge in [-0.15, -0.1) is 20.4 Å². The lowest BCUT2D eigenvalue weighted by Gasteiger charge is -2.12. The lowest BCUT2D eigenvalue weighted by atomic mass is 10.1. The number of aromatic nitrogens is 6. The molecule has 2 N–H and O–H groups in total. The van der Waals surface area contributed by atoms with E-state index in [1.807, 2.05) is 6.92 Å². The van der Waals surface area contributed by atoms with E-state index < -0.39 is 0 Å². The maximum Gasteiger partial charge on any atom is 0.229 e. The topological polar surface area (TPSA) is 130 Å². The zero-order valence-corrected chi connectivity index (χ0v) is 14.0. The highest BCUT2D eigenvalue weighted by Crippen LogP contribution is 2.28. The van der Waals surface area contributed by atoms with Crippen molar-refractivity contribution in [3.8, 4) is 0 Å². The predicted octanol–water partition coefficient (Wildman–Crippen LogP) is -0.284. The van der Waals surface area contributed by atoms with Crippen LogP contribution < -0.4 is 10.2 Å². The van der Waals surface area contributed by atoms with Crippen molar-refractivity contribution >= 4 is 28.3 Å². The van der Waals surface area contributed by atoms with Crippen molar-refractivity contribution in [2.45, 2.75) is 32.6 Å². The third-order valence-corrected chi connectivity index (χ3v) is 4.84. The molecule has 2 aromatic rings. The van der Waals surface area contributed by atoms with E-state index in [0.29, 0.717) is 36.9 Å². The Morgan fingerprint density at radius 3 is 3.00 bits per heavy atom. The van der Waals surface area contributed by atoms with Crippen molar-refractivity contribution < 1.29 is 9.59 Å². The van der Waals surface area contributed by atoms with Crippen LogP contribution in [-0.2, 0) is 22.4 Å². The average Bonchev–Trinajstić information content (AvgIpc) is 3.31. The molecule has 10 nitrogen and oxygen atoms in total. The summed E-state index contributed by atoms with van der Waals surface area (Å²) in [5.74, 6) is 0.0751. The molecule has 1 atom stereocenters. The third-order valence-electron chi connectivity index (χ3n) is 3.75. The van der Waals surface area contributed by atoms with Crippen molar-refractivity contribution in [2.24, 2.45) is 5.92 Å². The molecular formula is C13H18N8O2S. The van der Waals surface area contributed by atoms with Crippen LogP contribution in [0.1, 0.15) is 30.6 Å². The summed E-state index contributed by atoms with van der Waals surface area (Å²) in [5.41, 5.74) is 0. The van der Waals surface area contributed by atoms with Gasteiger partial charge < -0.3 is 5.32 Å². The number of carbonyl (C=O) groups is 2. The monoisotopic (exact) mass is 350 g/mol. The van der Waals surface area contributed by atoms with Gasteiger partial charge in [0.1, 0.15) is 5.01 Å². The van der Waals surface area contributed by atoms with Crippen molar-refractivity contribution in [3.63, 3.8) is 0 Å². The minimum atomic E-state index is -0.350. The quantitative estimate of drug-likeness (QED) is 0.657. The van der Waals surface area contributed by atoms with E-state index in [2.05, 4.69) is 36.1 Å². The van der Waals surface area contributed by atoms with Gasteiger partial charge in [-0.3, -0.25) is 14.5 Å². The lowest BCUT2D eigenvalue weighted by molar-refractivity contribution is -0.126. The van der Waals surface area contributed by atoms with Crippen LogP contribution in [0.5, 0.6) is 0 Å². The summed E-state index contributed by atoms with van der Waals surface area (Å²) >= 11 is 1.40. The van der Waals surface area contributed by atoms with E-state index in [9.17, 15) is 9.59 Å². The van der Waals surface area contributed by atoms with Gasteiger partial charge >= 0.3 is 0 Å². The molecule has 0 aromatic carbocycles. The number of aromatic amines is 1. The van der Waals surface area contributed by atoms with Crippen LogP contribution in [0.15, 0.2) is 0 Å². The van der Waals surface area contributed by atoms with Gasteiger partial charge in [-0.25, -0.2) is 0 Å². The molecular weight excluding hydrogens is 332 g/mol. The molecule has 0 radical (unpaired) electrons. The van der Waals surface area contributed by atoms with Gasteiger partial charge in [-0.1, -0.05) is 23.5 Å². The fourth-order valence-corrected chi connectivity index (χ4v) is 3.26. The van der Waals surface area contributed by atoms with Crippen molar-refractivity contribution in [2.75, 3.05) is 18.0 Å². The molecule has 1 fully saturated rings. The van der Waals surface area contributed by atoms with Gasteiger partial charge in [0.2, 0.25) is 16.9 Å². The second-order valence-electron chi connectivity index (χ2n) is 5.46. The first-order valence-electron chi connectivity index (χ1n) is 7.80. The number of hydrogen-bond acceptors (Lipinski definition) is 8. The van der Waals surface area contributed by atoms with Gasteiger partial charge in [0.05, 0.1) is 5.92 Å². The number of anilines is 1. The first-order valence-corrected chi connectivity index (χ1v) is 8.61. The zero-order chi connectivity index (χ0) is 16.9. The molecule has 0 saturated carbocycles. The highest BCUT2D eigenvalue weighted by atomic mass is 32.1. The van der Waals surface area contributed by atoms with Gasteiger partial charge in [0.15, 0.2) is 5.82 Å². The van der Waals surface area contributed by atoms with E-state index in [4.69, 9.17) is 0 Å². The molecule has 1 aliphatic heterocycles. The summed E-state index contributed by atoms with van der Waals surface area (Å²) in [4.78, 5) is 25.9. The second kappa shape index (κ2) is 7.43. The number of amides is 2. The number of rotatable bonds is 7. The molecule has 11 heteroatoms. The number of hydrogen-bond donors (Lipinski definition) is 2. The Bertz CT molecular complexity index is 701. The Kier molecular flexibility index (Phi) is 5.08. The van der Waals surface area contributed by atoms with Crippen molar-refractivity contribution in [1.82, 2.24) is 36.1 Å². The molecule has 0 bridgehead atoms. The normalized spacial score (nSPS) is 17.5. The van der Waals surface area contributed by atoms with Crippen LogP contribution in [0.4, 0.5) is 5.13 Å². The van der Waals surface area contributed by atoms with Gasteiger partial charge in [0.25, 0.3) is 0 Å². The van der Waals surface area contributed by atoms with E-state index in [1.165, 1.54) is 11.3 Å². The molecule has 0 aliphatic carbocycles. The molecule has 24 heavy (non-hydrogen) atoms. The molecule has 128 valence electrons. The maximum absolute atomic E-state index is 12.2. The van der Waals surface area contributed by atoms with Gasteiger partial charge in [0, 0.05) is 25.9 Å². The van der Waals surface area contributed by atoms with Crippen LogP contribution in [-0.4, -0.2) is 55.7 Å². The second-order valence-corrected chi connectivity index (χ2v) is 6.50. The Balaban J connectivity index is 1.46. The van der Waals surface area contributed by atoms with Crippen molar-refractivity contribution in [1.29, 1.82) is 0 Å². The highest BCUT2D eigenvalue weighted by Gasteiger charge is 2.36. The Morgan fingerprint density at radius 1 is 1.42 bits per heavy atom. The minimum absolute atomic E-state index is 0.0826. The number of nitrogens with one attached hydrogen (secondary N) is 2. The molecule has 1 aliphatic rings. The summed E-state index contributed by atoms with van der Waals surface area (Å²) in [6.07, 6.45) is 2.34. The van der Waals surface area contributed by atoms with Gasteiger partial charge in [-0.05, 0) is 12.8 Å². The molecule has 1 saturated heterocycles. The summed E-state index contributed by atoms with van der Waals surface area (Å²) in [6, 6.07) is 0. The van der Waals surface area contributed by atoms with Crippen LogP contribution in [0.25, 0.3) is 0 Å². The Morgan fingerprint density at radius 2 is 2.29 bits per heavy atom. The number of tetrazole rings is 1. The maximum atomic E-state index is 12.2. The fourth-order valence-electron chi connectivity index (χ4n) is 2.46. The zero-order valence-electron chi connectivity index (χ0n) is 13.2. The first-order chi connectivity index (χ1) is 11.7. The summed E-state index contributed by atoms with van der Waals surface area (Å²) < 4.78 is 0. The highest BCUT2D eigenvalue weighted by molar-refractivity contribution is 7.15. The van der Waals surface area contributed by atoms with Gasteiger partial charge in [-0.2, -0.15) is 5.21 Å². The van der Waals surface area contributed by atoms with E-state index >= 15 is 0 Å². The van der Waals surface area contributed by atoms with E-state index in [-0.39, 0.29) is 24.2 Å². The molecule has 2 aromatic heterocycles. The Labute approximate surface area is 142 Å². The molecule has 1 unspecified atom stereocenters. The average molecular weight is 350 g/mol. The Hall–Kier alpha value is -2.43. The predicted molar refractivity (Wildman–Crippen MR) is 85.3 cm³/mol. The fraction of sp³-hybridized carbons (Fsp3) is 0.615. The van der Waals surface area contributed by atoms with Crippen LogP contribution in [0, 0.1) is 5.92 Å². The first kappa shape index (κ1) is 16.4. The van der Waals surface area contributed by atoms with E-state index in [1.54, 1.807) is 4.90 Å². The summed E-state index contributed by atoms with van der Waals surface area (Å²) in [6.45, 7) is 2.85. The van der Waals surface area contributed by atoms with Crippen LogP contribution >= 0.6 is 11.3 Å². The standard InChI is InChI=1S/C13H18N8O2S/c1-2-10-17-18-13(24-10)21-7-8(6-11(21)22)12(23)14-5-3-4-9-15-19-20-16-9/h8H,2-7H2,1H3,(H,14,23)(H,15,16,19,20). The minimum Gasteiger partial charge on any atom is -0.356 e. The van der Waals surface area contributed by atoms with E-state index in [0.717, 1.165) is 11.4 Å².